The summed E-state index contributed by atoms with van der Waals surface area (Å²) < 4.78 is 23.3. The number of hydrogen-bond donors (Lipinski definition) is 1. The number of nitrogens with zero attached hydrogens (tertiary/aromatic N) is 2. The van der Waals surface area contributed by atoms with E-state index in [1.807, 2.05) is 4.90 Å². The Balaban J connectivity index is 1.90. The number of piperidine rings is 1. The summed E-state index contributed by atoms with van der Waals surface area (Å²) in [5.41, 5.74) is 0. The zero-order valence-corrected chi connectivity index (χ0v) is 13.0. The van der Waals surface area contributed by atoms with Gasteiger partial charge in [0.1, 0.15) is 10.7 Å². The van der Waals surface area contributed by atoms with Crippen molar-refractivity contribution in [2.24, 2.45) is 0 Å². The molecule has 0 saturated carbocycles. The van der Waals surface area contributed by atoms with Crippen LogP contribution in [0.3, 0.4) is 0 Å². The highest BCUT2D eigenvalue weighted by molar-refractivity contribution is 7.90. The lowest BCUT2D eigenvalue weighted by atomic mass is 10.1. The summed E-state index contributed by atoms with van der Waals surface area (Å²) in [5, 5.41) is 2.95. The summed E-state index contributed by atoms with van der Waals surface area (Å²) in [7, 11) is -3.32. The maximum absolute atomic E-state index is 12.0. The third-order valence-electron chi connectivity index (χ3n) is 3.51. The minimum atomic E-state index is -3.32. The van der Waals surface area contributed by atoms with E-state index in [4.69, 9.17) is 0 Å². The van der Waals surface area contributed by atoms with E-state index in [0.29, 0.717) is 18.8 Å². The molecule has 2 heterocycles. The fourth-order valence-electron chi connectivity index (χ4n) is 2.41. The van der Waals surface area contributed by atoms with Crippen LogP contribution in [0.15, 0.2) is 23.2 Å². The molecule has 0 atom stereocenters. The van der Waals surface area contributed by atoms with Gasteiger partial charge >= 0.3 is 0 Å². The van der Waals surface area contributed by atoms with E-state index >= 15 is 0 Å². The molecule has 1 amide bonds. The predicted molar refractivity (Wildman–Crippen MR) is 80.9 cm³/mol. The minimum absolute atomic E-state index is 0.110. The lowest BCUT2D eigenvalue weighted by Crippen LogP contribution is -2.36. The van der Waals surface area contributed by atoms with Crippen LogP contribution in [0.25, 0.3) is 0 Å². The molecule has 116 valence electrons. The number of hydrogen-bond acceptors (Lipinski definition) is 5. The van der Waals surface area contributed by atoms with Crippen LogP contribution in [0, 0.1) is 0 Å². The van der Waals surface area contributed by atoms with Gasteiger partial charge < -0.3 is 10.2 Å². The standard InChI is InChI=1S/C14H21N3O3S/c1-21(19,20)12-6-5-8-15-14(12)16-9-7-13(18)17-10-3-2-4-11-17/h5-6,8H,2-4,7,9-11H2,1H3,(H,15,16). The second-order valence-electron chi connectivity index (χ2n) is 5.24. The van der Waals surface area contributed by atoms with E-state index in [0.717, 1.165) is 32.2 Å². The Labute approximate surface area is 125 Å². The quantitative estimate of drug-likeness (QED) is 0.886. The maximum atomic E-state index is 12.0. The van der Waals surface area contributed by atoms with Crippen molar-refractivity contribution >= 4 is 21.6 Å². The first-order valence-corrected chi connectivity index (χ1v) is 9.04. The van der Waals surface area contributed by atoms with Crippen molar-refractivity contribution in [2.75, 3.05) is 31.2 Å². The third-order valence-corrected chi connectivity index (χ3v) is 4.64. The van der Waals surface area contributed by atoms with Gasteiger partial charge in [0, 0.05) is 38.5 Å². The molecule has 1 fully saturated rings. The molecule has 7 heteroatoms. The largest absolute Gasteiger partial charge is 0.368 e. The first-order chi connectivity index (χ1) is 9.98. The molecule has 1 aromatic rings. The number of anilines is 1. The molecule has 1 aliphatic heterocycles. The van der Waals surface area contributed by atoms with Gasteiger partial charge in [0.25, 0.3) is 0 Å². The average Bonchev–Trinajstić information content (AvgIpc) is 2.47. The number of sulfone groups is 1. The number of rotatable bonds is 5. The molecule has 0 aliphatic carbocycles. The van der Waals surface area contributed by atoms with Gasteiger partial charge in [0.2, 0.25) is 5.91 Å². The molecule has 0 unspecified atom stereocenters. The molecule has 0 aromatic carbocycles. The van der Waals surface area contributed by atoms with Crippen molar-refractivity contribution in [3.8, 4) is 0 Å². The lowest BCUT2D eigenvalue weighted by molar-refractivity contribution is -0.131. The number of amides is 1. The molecule has 0 bridgehead atoms. The molecule has 2 rings (SSSR count). The molecule has 1 saturated heterocycles. The predicted octanol–water partition coefficient (Wildman–Crippen LogP) is 1.30. The smallest absolute Gasteiger partial charge is 0.224 e. The van der Waals surface area contributed by atoms with Crippen LogP contribution in [0.5, 0.6) is 0 Å². The van der Waals surface area contributed by atoms with E-state index in [-0.39, 0.29) is 10.8 Å². The maximum Gasteiger partial charge on any atom is 0.224 e. The molecule has 1 aromatic heterocycles. The highest BCUT2D eigenvalue weighted by atomic mass is 32.2. The first-order valence-electron chi connectivity index (χ1n) is 7.15. The molecule has 0 radical (unpaired) electrons. The Morgan fingerprint density at radius 1 is 1.33 bits per heavy atom. The highest BCUT2D eigenvalue weighted by Gasteiger charge is 2.17. The van der Waals surface area contributed by atoms with Crippen molar-refractivity contribution in [3.05, 3.63) is 18.3 Å². The minimum Gasteiger partial charge on any atom is -0.368 e. The van der Waals surface area contributed by atoms with E-state index < -0.39 is 9.84 Å². The van der Waals surface area contributed by atoms with E-state index in [1.165, 1.54) is 18.7 Å². The van der Waals surface area contributed by atoms with Gasteiger partial charge in [-0.3, -0.25) is 4.79 Å². The monoisotopic (exact) mass is 311 g/mol. The third kappa shape index (κ3) is 4.42. The van der Waals surface area contributed by atoms with E-state index in [1.54, 1.807) is 6.07 Å². The number of likely N-dealkylation sites (tertiary alicyclic amines) is 1. The number of nitrogens with one attached hydrogen (secondary N) is 1. The zero-order chi connectivity index (χ0) is 15.3. The molecular formula is C14H21N3O3S. The second kappa shape index (κ2) is 6.89. The van der Waals surface area contributed by atoms with Crippen LogP contribution in [-0.4, -0.2) is 50.1 Å². The van der Waals surface area contributed by atoms with Crippen molar-refractivity contribution < 1.29 is 13.2 Å². The summed E-state index contributed by atoms with van der Waals surface area (Å²) in [6.07, 6.45) is 6.35. The van der Waals surface area contributed by atoms with Gasteiger partial charge in [0.15, 0.2) is 9.84 Å². The van der Waals surface area contributed by atoms with Crippen LogP contribution in [-0.2, 0) is 14.6 Å². The normalized spacial score (nSPS) is 15.8. The van der Waals surface area contributed by atoms with Crippen LogP contribution >= 0.6 is 0 Å². The molecule has 1 N–H and O–H groups in total. The Bertz CT molecular complexity index is 595. The number of aromatic nitrogens is 1. The fraction of sp³-hybridized carbons (Fsp3) is 0.571. The highest BCUT2D eigenvalue weighted by Crippen LogP contribution is 2.17. The first kappa shape index (κ1) is 15.8. The summed E-state index contributed by atoms with van der Waals surface area (Å²) in [5.74, 6) is 0.422. The fourth-order valence-corrected chi connectivity index (χ4v) is 3.21. The van der Waals surface area contributed by atoms with Crippen molar-refractivity contribution in [2.45, 2.75) is 30.6 Å². The SMILES string of the molecule is CS(=O)(=O)c1cccnc1NCCC(=O)N1CCCCC1. The Kier molecular flexibility index (Phi) is 5.17. The number of carbonyl (C=O) groups is 1. The van der Waals surface area contributed by atoms with Gasteiger partial charge in [-0.05, 0) is 31.4 Å². The Hall–Kier alpha value is -1.63. The summed E-state index contributed by atoms with van der Waals surface area (Å²) in [6.45, 7) is 2.04. The molecule has 6 nitrogen and oxygen atoms in total. The van der Waals surface area contributed by atoms with Gasteiger partial charge in [-0.25, -0.2) is 13.4 Å². The van der Waals surface area contributed by atoms with Crippen LogP contribution in [0.4, 0.5) is 5.82 Å². The van der Waals surface area contributed by atoms with Crippen molar-refractivity contribution in [1.82, 2.24) is 9.88 Å². The van der Waals surface area contributed by atoms with Crippen molar-refractivity contribution in [1.29, 1.82) is 0 Å². The van der Waals surface area contributed by atoms with Gasteiger partial charge in [-0.1, -0.05) is 0 Å². The summed E-state index contributed by atoms with van der Waals surface area (Å²) in [6, 6.07) is 3.09. The van der Waals surface area contributed by atoms with Gasteiger partial charge in [-0.2, -0.15) is 0 Å². The molecule has 1 aliphatic rings. The van der Waals surface area contributed by atoms with Crippen molar-refractivity contribution in [3.63, 3.8) is 0 Å². The zero-order valence-electron chi connectivity index (χ0n) is 12.2. The van der Waals surface area contributed by atoms with Gasteiger partial charge in [-0.15, -0.1) is 0 Å². The average molecular weight is 311 g/mol. The molecule has 0 spiro atoms. The Morgan fingerprint density at radius 2 is 2.05 bits per heavy atom. The second-order valence-corrected chi connectivity index (χ2v) is 7.22. The molecule has 21 heavy (non-hydrogen) atoms. The van der Waals surface area contributed by atoms with Crippen LogP contribution < -0.4 is 5.32 Å². The Morgan fingerprint density at radius 3 is 2.71 bits per heavy atom. The van der Waals surface area contributed by atoms with E-state index in [9.17, 15) is 13.2 Å². The van der Waals surface area contributed by atoms with Gasteiger partial charge in [0.05, 0.1) is 0 Å². The van der Waals surface area contributed by atoms with Crippen LogP contribution in [0.1, 0.15) is 25.7 Å². The van der Waals surface area contributed by atoms with E-state index in [2.05, 4.69) is 10.3 Å². The molecular weight excluding hydrogens is 290 g/mol. The van der Waals surface area contributed by atoms with Crippen LogP contribution in [0.2, 0.25) is 0 Å². The number of carbonyl (C=O) groups excluding carboxylic acids is 1. The number of pyridine rings is 1. The summed E-state index contributed by atoms with van der Waals surface area (Å²) >= 11 is 0. The lowest BCUT2D eigenvalue weighted by Gasteiger charge is -2.26. The topological polar surface area (TPSA) is 79.4 Å². The summed E-state index contributed by atoms with van der Waals surface area (Å²) in [4.78, 5) is 18.1.